The van der Waals surface area contributed by atoms with E-state index in [1.165, 1.54) is 19.2 Å². The molecule has 1 aromatic heterocycles. The Morgan fingerprint density at radius 3 is 2.70 bits per heavy atom. The number of hydrogen-bond donors (Lipinski definition) is 1. The Morgan fingerprint density at radius 2 is 2.10 bits per heavy atom. The Morgan fingerprint density at radius 1 is 1.35 bits per heavy atom. The van der Waals surface area contributed by atoms with E-state index in [2.05, 4.69) is 26.2 Å². The van der Waals surface area contributed by atoms with Crippen LogP contribution in [0.1, 0.15) is 16.1 Å². The zero-order chi connectivity index (χ0) is 14.7. The van der Waals surface area contributed by atoms with Gasteiger partial charge in [-0.2, -0.15) is 0 Å². The molecular formula is C14H12BrFN2O2. The molecule has 6 heteroatoms. The van der Waals surface area contributed by atoms with Gasteiger partial charge in [0.1, 0.15) is 5.82 Å². The summed E-state index contributed by atoms with van der Waals surface area (Å²) in [4.78, 5) is 16.2. The van der Waals surface area contributed by atoms with Crippen LogP contribution in [0, 0.1) is 12.7 Å². The molecule has 0 fully saturated rings. The highest BCUT2D eigenvalue weighted by Gasteiger charge is 2.11. The quantitative estimate of drug-likeness (QED) is 0.930. The van der Waals surface area contributed by atoms with Crippen LogP contribution in [0.4, 0.5) is 10.2 Å². The van der Waals surface area contributed by atoms with Crippen molar-refractivity contribution >= 4 is 27.7 Å². The van der Waals surface area contributed by atoms with Gasteiger partial charge < -0.3 is 10.1 Å². The molecule has 0 atom stereocenters. The minimum Gasteiger partial charge on any atom is -0.494 e. The highest BCUT2D eigenvalue weighted by molar-refractivity contribution is 9.10. The minimum atomic E-state index is -0.583. The molecule has 0 radical (unpaired) electrons. The first-order valence-electron chi connectivity index (χ1n) is 5.79. The molecule has 0 saturated heterocycles. The lowest BCUT2D eigenvalue weighted by Crippen LogP contribution is -2.13. The Kier molecular flexibility index (Phi) is 4.34. The third-order valence-corrected chi connectivity index (χ3v) is 3.52. The molecule has 0 spiro atoms. The SMILES string of the molecule is COc1ccc(C(=O)Nc2ccc(Br)c(C)n2)cc1F. The van der Waals surface area contributed by atoms with Crippen molar-refractivity contribution in [3.05, 3.63) is 51.9 Å². The van der Waals surface area contributed by atoms with E-state index >= 15 is 0 Å². The van der Waals surface area contributed by atoms with Crippen molar-refractivity contribution in [1.29, 1.82) is 0 Å². The van der Waals surface area contributed by atoms with Crippen LogP contribution in [-0.2, 0) is 0 Å². The Bertz CT molecular complexity index is 662. The second-order valence-electron chi connectivity index (χ2n) is 4.07. The summed E-state index contributed by atoms with van der Waals surface area (Å²) >= 11 is 3.33. The lowest BCUT2D eigenvalue weighted by atomic mass is 10.2. The number of aryl methyl sites for hydroxylation is 1. The predicted molar refractivity (Wildman–Crippen MR) is 77.6 cm³/mol. The van der Waals surface area contributed by atoms with Crippen LogP contribution < -0.4 is 10.1 Å². The molecule has 2 rings (SSSR count). The number of nitrogens with zero attached hydrogens (tertiary/aromatic N) is 1. The van der Waals surface area contributed by atoms with Crippen molar-refractivity contribution in [1.82, 2.24) is 4.98 Å². The predicted octanol–water partition coefficient (Wildman–Crippen LogP) is 3.55. The smallest absolute Gasteiger partial charge is 0.256 e. The number of benzene rings is 1. The second kappa shape index (κ2) is 6.00. The van der Waals surface area contributed by atoms with Crippen molar-refractivity contribution < 1.29 is 13.9 Å². The molecule has 0 aliphatic carbocycles. The topological polar surface area (TPSA) is 51.2 Å². The van der Waals surface area contributed by atoms with E-state index in [1.54, 1.807) is 12.1 Å². The number of hydrogen-bond acceptors (Lipinski definition) is 3. The Balaban J connectivity index is 2.19. The lowest BCUT2D eigenvalue weighted by Gasteiger charge is -2.07. The average Bonchev–Trinajstić information content (AvgIpc) is 2.42. The van der Waals surface area contributed by atoms with Crippen LogP contribution in [-0.4, -0.2) is 18.0 Å². The van der Waals surface area contributed by atoms with E-state index in [4.69, 9.17) is 4.74 Å². The van der Waals surface area contributed by atoms with Crippen molar-refractivity contribution in [2.75, 3.05) is 12.4 Å². The summed E-state index contributed by atoms with van der Waals surface area (Å²) in [6.45, 7) is 1.81. The number of halogens is 2. The number of methoxy groups -OCH3 is 1. The van der Waals surface area contributed by atoms with Gasteiger partial charge in [0, 0.05) is 10.0 Å². The number of ether oxygens (including phenoxy) is 1. The molecule has 0 aliphatic heterocycles. The van der Waals surface area contributed by atoms with Crippen LogP contribution in [0.5, 0.6) is 5.75 Å². The zero-order valence-electron chi connectivity index (χ0n) is 10.9. The van der Waals surface area contributed by atoms with Gasteiger partial charge in [0.05, 0.1) is 12.8 Å². The number of amides is 1. The number of pyridine rings is 1. The van der Waals surface area contributed by atoms with Gasteiger partial charge in [-0.1, -0.05) is 0 Å². The summed E-state index contributed by atoms with van der Waals surface area (Å²) in [6.07, 6.45) is 0. The second-order valence-corrected chi connectivity index (χ2v) is 4.92. The van der Waals surface area contributed by atoms with Gasteiger partial charge in [-0.3, -0.25) is 4.79 Å². The number of carbonyl (C=O) groups excluding carboxylic acids is 1. The minimum absolute atomic E-state index is 0.0964. The fourth-order valence-corrected chi connectivity index (χ4v) is 1.83. The third kappa shape index (κ3) is 3.14. The summed E-state index contributed by atoms with van der Waals surface area (Å²) in [6, 6.07) is 7.47. The van der Waals surface area contributed by atoms with E-state index in [-0.39, 0.29) is 11.3 Å². The first kappa shape index (κ1) is 14.5. The number of nitrogens with one attached hydrogen (secondary N) is 1. The highest BCUT2D eigenvalue weighted by atomic mass is 79.9. The van der Waals surface area contributed by atoms with Gasteiger partial charge in [0.2, 0.25) is 0 Å². The first-order chi connectivity index (χ1) is 9.51. The van der Waals surface area contributed by atoms with Gasteiger partial charge in [0.25, 0.3) is 5.91 Å². The van der Waals surface area contributed by atoms with Crippen molar-refractivity contribution in [2.24, 2.45) is 0 Å². The van der Waals surface area contributed by atoms with Gasteiger partial charge in [-0.25, -0.2) is 9.37 Å². The molecule has 0 bridgehead atoms. The van der Waals surface area contributed by atoms with Gasteiger partial charge in [-0.15, -0.1) is 0 Å². The average molecular weight is 339 g/mol. The Labute approximate surface area is 124 Å². The van der Waals surface area contributed by atoms with Crippen molar-refractivity contribution in [3.63, 3.8) is 0 Å². The van der Waals surface area contributed by atoms with E-state index in [0.717, 1.165) is 16.2 Å². The monoisotopic (exact) mass is 338 g/mol. The molecule has 0 saturated carbocycles. The van der Waals surface area contributed by atoms with Crippen LogP contribution in [0.3, 0.4) is 0 Å². The summed E-state index contributed by atoms with van der Waals surface area (Å²) < 4.78 is 19.2. The largest absolute Gasteiger partial charge is 0.494 e. The molecule has 2 aromatic rings. The maximum Gasteiger partial charge on any atom is 0.256 e. The van der Waals surface area contributed by atoms with Crippen LogP contribution >= 0.6 is 15.9 Å². The van der Waals surface area contributed by atoms with Crippen molar-refractivity contribution in [2.45, 2.75) is 6.92 Å². The molecule has 4 nitrogen and oxygen atoms in total. The lowest BCUT2D eigenvalue weighted by molar-refractivity contribution is 0.102. The summed E-state index contributed by atoms with van der Waals surface area (Å²) in [5.74, 6) is -0.507. The molecule has 104 valence electrons. The molecule has 1 heterocycles. The molecule has 20 heavy (non-hydrogen) atoms. The molecule has 0 unspecified atom stereocenters. The zero-order valence-corrected chi connectivity index (χ0v) is 12.5. The van der Waals surface area contributed by atoms with E-state index in [1.807, 2.05) is 6.92 Å². The summed E-state index contributed by atoms with van der Waals surface area (Å²) in [5.41, 5.74) is 0.953. The number of anilines is 1. The fraction of sp³-hybridized carbons (Fsp3) is 0.143. The van der Waals surface area contributed by atoms with Crippen LogP contribution in [0.25, 0.3) is 0 Å². The number of aromatic nitrogens is 1. The number of carbonyl (C=O) groups is 1. The molecule has 1 amide bonds. The molecule has 1 N–H and O–H groups in total. The van der Waals surface area contributed by atoms with E-state index in [9.17, 15) is 9.18 Å². The van der Waals surface area contributed by atoms with Crippen LogP contribution in [0.15, 0.2) is 34.8 Å². The third-order valence-electron chi connectivity index (χ3n) is 2.68. The first-order valence-corrected chi connectivity index (χ1v) is 6.58. The van der Waals surface area contributed by atoms with E-state index in [0.29, 0.717) is 5.82 Å². The normalized spacial score (nSPS) is 10.2. The van der Waals surface area contributed by atoms with Crippen molar-refractivity contribution in [3.8, 4) is 5.75 Å². The van der Waals surface area contributed by atoms with Crippen LogP contribution in [0.2, 0.25) is 0 Å². The standard InChI is InChI=1S/C14H12BrFN2O2/c1-8-10(15)4-6-13(17-8)18-14(19)9-3-5-12(20-2)11(16)7-9/h3-7H,1-2H3,(H,17,18,19). The number of rotatable bonds is 3. The molecule has 0 aliphatic rings. The van der Waals surface area contributed by atoms with Gasteiger partial charge in [-0.05, 0) is 53.2 Å². The molecular weight excluding hydrogens is 327 g/mol. The molecule has 1 aromatic carbocycles. The maximum atomic E-state index is 13.5. The van der Waals surface area contributed by atoms with E-state index < -0.39 is 11.7 Å². The Hall–Kier alpha value is -1.95. The summed E-state index contributed by atoms with van der Waals surface area (Å²) in [5, 5.41) is 2.61. The summed E-state index contributed by atoms with van der Waals surface area (Å²) in [7, 11) is 1.37. The maximum absolute atomic E-state index is 13.5. The highest BCUT2D eigenvalue weighted by Crippen LogP contribution is 2.19. The fourth-order valence-electron chi connectivity index (χ4n) is 1.61. The van der Waals surface area contributed by atoms with Gasteiger partial charge >= 0.3 is 0 Å². The van der Waals surface area contributed by atoms with Gasteiger partial charge in [0.15, 0.2) is 11.6 Å².